The Kier molecular flexibility index (Phi) is 3.56. The van der Waals surface area contributed by atoms with Gasteiger partial charge in [0.15, 0.2) is 0 Å². The van der Waals surface area contributed by atoms with Gasteiger partial charge in [0.2, 0.25) is 0 Å². The van der Waals surface area contributed by atoms with Crippen molar-refractivity contribution in [1.29, 1.82) is 0 Å². The molecule has 1 aromatic carbocycles. The van der Waals surface area contributed by atoms with E-state index in [1.807, 2.05) is 11.3 Å². The minimum Gasteiger partial charge on any atom is -0.309 e. The quantitative estimate of drug-likeness (QED) is 0.865. The molecule has 1 heterocycles. The zero-order chi connectivity index (χ0) is 14.2. The van der Waals surface area contributed by atoms with Crippen LogP contribution in [0, 0.1) is 6.92 Å². The van der Waals surface area contributed by atoms with Crippen LogP contribution in [0.5, 0.6) is 0 Å². The summed E-state index contributed by atoms with van der Waals surface area (Å²) in [7, 11) is 0. The minimum atomic E-state index is 0.754. The third-order valence-electron chi connectivity index (χ3n) is 4.34. The maximum absolute atomic E-state index is 4.97. The van der Waals surface area contributed by atoms with Gasteiger partial charge in [0.05, 0.1) is 10.7 Å². The predicted octanol–water partition coefficient (Wildman–Crippen LogP) is 4.17. The number of nitrogens with one attached hydrogen (secondary N) is 1. The van der Waals surface area contributed by atoms with Crippen LogP contribution < -0.4 is 5.32 Å². The highest BCUT2D eigenvalue weighted by molar-refractivity contribution is 7.11. The van der Waals surface area contributed by atoms with Crippen LogP contribution in [0.2, 0.25) is 0 Å². The Hall–Kier alpha value is -1.19. The van der Waals surface area contributed by atoms with E-state index in [1.165, 1.54) is 52.4 Å². The second kappa shape index (κ2) is 5.54. The molecule has 2 aliphatic rings. The van der Waals surface area contributed by atoms with Gasteiger partial charge >= 0.3 is 0 Å². The van der Waals surface area contributed by atoms with E-state index in [-0.39, 0.29) is 0 Å². The van der Waals surface area contributed by atoms with Gasteiger partial charge in [-0.3, -0.25) is 0 Å². The molecule has 1 aromatic heterocycles. The SMILES string of the molecule is Cc1ccc(Cc2nc(C3CC3)c(CNC3CC3)s2)cc1. The van der Waals surface area contributed by atoms with Crippen LogP contribution in [0.3, 0.4) is 0 Å². The number of rotatable bonds is 6. The molecule has 2 aliphatic carbocycles. The fraction of sp³-hybridized carbons (Fsp3) is 0.500. The average Bonchev–Trinajstić information content (AvgIpc) is 3.39. The molecule has 3 heteroatoms. The van der Waals surface area contributed by atoms with E-state index in [2.05, 4.69) is 36.5 Å². The molecule has 0 saturated heterocycles. The molecule has 2 aromatic rings. The lowest BCUT2D eigenvalue weighted by Gasteiger charge is -2.01. The summed E-state index contributed by atoms with van der Waals surface area (Å²) in [6, 6.07) is 9.63. The third-order valence-corrected chi connectivity index (χ3v) is 5.41. The van der Waals surface area contributed by atoms with E-state index in [0.29, 0.717) is 0 Å². The van der Waals surface area contributed by atoms with Crippen molar-refractivity contribution in [2.45, 2.75) is 57.5 Å². The summed E-state index contributed by atoms with van der Waals surface area (Å²) in [5, 5.41) is 4.94. The largest absolute Gasteiger partial charge is 0.309 e. The summed E-state index contributed by atoms with van der Waals surface area (Å²) in [4.78, 5) is 6.46. The molecule has 0 unspecified atom stereocenters. The molecule has 110 valence electrons. The maximum Gasteiger partial charge on any atom is 0.0975 e. The summed E-state index contributed by atoms with van der Waals surface area (Å²) in [6.45, 7) is 3.17. The van der Waals surface area contributed by atoms with Crippen LogP contribution in [0.4, 0.5) is 0 Å². The average molecular weight is 298 g/mol. The Morgan fingerprint density at radius 1 is 1.14 bits per heavy atom. The lowest BCUT2D eigenvalue weighted by molar-refractivity contribution is 0.688. The Bertz CT molecular complexity index is 621. The summed E-state index contributed by atoms with van der Waals surface area (Å²) in [5.41, 5.74) is 4.10. The van der Waals surface area contributed by atoms with Gasteiger partial charge in [-0.05, 0) is 38.2 Å². The van der Waals surface area contributed by atoms with Gasteiger partial charge in [0, 0.05) is 29.8 Å². The van der Waals surface area contributed by atoms with Crippen molar-refractivity contribution in [3.8, 4) is 0 Å². The number of thiazole rings is 1. The zero-order valence-corrected chi connectivity index (χ0v) is 13.4. The summed E-state index contributed by atoms with van der Waals surface area (Å²) in [6.07, 6.45) is 6.37. The number of benzene rings is 1. The van der Waals surface area contributed by atoms with E-state index >= 15 is 0 Å². The molecule has 0 amide bonds. The molecule has 21 heavy (non-hydrogen) atoms. The summed E-state index contributed by atoms with van der Waals surface area (Å²) < 4.78 is 0. The number of aromatic nitrogens is 1. The minimum absolute atomic E-state index is 0.754. The summed E-state index contributed by atoms with van der Waals surface area (Å²) >= 11 is 1.92. The van der Waals surface area contributed by atoms with Crippen LogP contribution in [0.15, 0.2) is 24.3 Å². The highest BCUT2D eigenvalue weighted by Crippen LogP contribution is 2.43. The topological polar surface area (TPSA) is 24.9 Å². The van der Waals surface area contributed by atoms with Gasteiger partial charge in [0.25, 0.3) is 0 Å². The van der Waals surface area contributed by atoms with Crippen molar-refractivity contribution < 1.29 is 0 Å². The second-order valence-corrected chi connectivity index (χ2v) is 7.68. The molecule has 0 radical (unpaired) electrons. The van der Waals surface area contributed by atoms with Gasteiger partial charge in [-0.2, -0.15) is 0 Å². The van der Waals surface area contributed by atoms with Crippen molar-refractivity contribution in [3.63, 3.8) is 0 Å². The van der Waals surface area contributed by atoms with Gasteiger partial charge in [-0.15, -0.1) is 11.3 Å². The van der Waals surface area contributed by atoms with E-state index in [0.717, 1.165) is 24.9 Å². The molecule has 0 spiro atoms. The Morgan fingerprint density at radius 3 is 2.57 bits per heavy atom. The first kappa shape index (κ1) is 13.5. The molecule has 1 N–H and O–H groups in total. The normalized spacial score (nSPS) is 18.1. The lowest BCUT2D eigenvalue weighted by atomic mass is 10.1. The second-order valence-electron chi connectivity index (χ2n) is 6.51. The first-order valence-corrected chi connectivity index (χ1v) is 8.87. The molecule has 0 aliphatic heterocycles. The molecule has 4 rings (SSSR count). The van der Waals surface area contributed by atoms with Gasteiger partial charge in [-0.25, -0.2) is 4.98 Å². The monoisotopic (exact) mass is 298 g/mol. The van der Waals surface area contributed by atoms with Crippen molar-refractivity contribution >= 4 is 11.3 Å². The Balaban J connectivity index is 1.51. The fourth-order valence-corrected chi connectivity index (χ4v) is 3.84. The predicted molar refractivity (Wildman–Crippen MR) is 87.9 cm³/mol. The molecule has 2 fully saturated rings. The number of aryl methyl sites for hydroxylation is 1. The van der Waals surface area contributed by atoms with E-state index in [9.17, 15) is 0 Å². The van der Waals surface area contributed by atoms with E-state index in [4.69, 9.17) is 4.98 Å². The van der Waals surface area contributed by atoms with Crippen molar-refractivity contribution in [1.82, 2.24) is 10.3 Å². The molecule has 2 saturated carbocycles. The first-order chi connectivity index (χ1) is 10.3. The highest BCUT2D eigenvalue weighted by Gasteiger charge is 2.30. The van der Waals surface area contributed by atoms with Crippen molar-refractivity contribution in [2.75, 3.05) is 0 Å². The molecule has 0 bridgehead atoms. The van der Waals surface area contributed by atoms with Gasteiger partial charge in [0.1, 0.15) is 0 Å². The van der Waals surface area contributed by atoms with Crippen LogP contribution in [-0.4, -0.2) is 11.0 Å². The fourth-order valence-electron chi connectivity index (χ4n) is 2.70. The number of hydrogen-bond donors (Lipinski definition) is 1. The van der Waals surface area contributed by atoms with Crippen LogP contribution in [0.25, 0.3) is 0 Å². The summed E-state index contributed by atoms with van der Waals surface area (Å²) in [5.74, 6) is 0.754. The maximum atomic E-state index is 4.97. The zero-order valence-electron chi connectivity index (χ0n) is 12.6. The van der Waals surface area contributed by atoms with Crippen LogP contribution >= 0.6 is 11.3 Å². The lowest BCUT2D eigenvalue weighted by Crippen LogP contribution is -2.15. The highest BCUT2D eigenvalue weighted by atomic mass is 32.1. The van der Waals surface area contributed by atoms with E-state index in [1.54, 1.807) is 0 Å². The van der Waals surface area contributed by atoms with Crippen LogP contribution in [0.1, 0.15) is 58.3 Å². The number of nitrogens with zero attached hydrogens (tertiary/aromatic N) is 1. The number of hydrogen-bond acceptors (Lipinski definition) is 3. The molecule has 0 atom stereocenters. The smallest absolute Gasteiger partial charge is 0.0975 e. The molecular formula is C18H22N2S. The Labute approximate surface area is 130 Å². The van der Waals surface area contributed by atoms with Crippen molar-refractivity contribution in [2.24, 2.45) is 0 Å². The standard InChI is InChI=1S/C18H22N2S/c1-12-2-4-13(5-3-12)10-17-20-18(14-6-7-14)16(21-17)11-19-15-8-9-15/h2-5,14-15,19H,6-11H2,1H3. The first-order valence-electron chi connectivity index (χ1n) is 8.05. The molecular weight excluding hydrogens is 276 g/mol. The Morgan fingerprint density at radius 2 is 1.90 bits per heavy atom. The molecule has 2 nitrogen and oxygen atoms in total. The van der Waals surface area contributed by atoms with Gasteiger partial charge < -0.3 is 5.32 Å². The van der Waals surface area contributed by atoms with Crippen LogP contribution in [-0.2, 0) is 13.0 Å². The van der Waals surface area contributed by atoms with Gasteiger partial charge in [-0.1, -0.05) is 29.8 Å². The third kappa shape index (κ3) is 3.35. The van der Waals surface area contributed by atoms with E-state index < -0.39 is 0 Å². The van der Waals surface area contributed by atoms with Crippen molar-refractivity contribution in [3.05, 3.63) is 51.0 Å².